The predicted molar refractivity (Wildman–Crippen MR) is 80.9 cm³/mol. The first-order valence-electron chi connectivity index (χ1n) is 5.65. The average molecular weight is 389 g/mol. The SMILES string of the molecule is CC(N)c1ccc(Oc2ccc(Br)c(F)c2)c(Br)c1. The van der Waals surface area contributed by atoms with Crippen LogP contribution in [0.4, 0.5) is 4.39 Å². The van der Waals surface area contributed by atoms with Gasteiger partial charge in [-0.05, 0) is 68.6 Å². The Hall–Kier alpha value is -0.910. The minimum absolute atomic E-state index is 0.0459. The van der Waals surface area contributed by atoms with E-state index in [4.69, 9.17) is 10.5 Å². The minimum Gasteiger partial charge on any atom is -0.456 e. The molecule has 2 N–H and O–H groups in total. The van der Waals surface area contributed by atoms with Crippen LogP contribution in [-0.2, 0) is 0 Å². The maximum atomic E-state index is 13.4. The monoisotopic (exact) mass is 387 g/mol. The lowest BCUT2D eigenvalue weighted by Gasteiger charge is -2.11. The fourth-order valence-corrected chi connectivity index (χ4v) is 2.27. The summed E-state index contributed by atoms with van der Waals surface area (Å²) < 4.78 is 20.2. The van der Waals surface area contributed by atoms with Gasteiger partial charge in [-0.25, -0.2) is 4.39 Å². The van der Waals surface area contributed by atoms with E-state index in [0.717, 1.165) is 10.0 Å². The third kappa shape index (κ3) is 3.55. The van der Waals surface area contributed by atoms with Gasteiger partial charge in [0.25, 0.3) is 0 Å². The lowest BCUT2D eigenvalue weighted by molar-refractivity contribution is 0.473. The van der Waals surface area contributed by atoms with Gasteiger partial charge >= 0.3 is 0 Å². The van der Waals surface area contributed by atoms with Crippen LogP contribution in [0, 0.1) is 5.82 Å². The first-order valence-corrected chi connectivity index (χ1v) is 7.24. The largest absolute Gasteiger partial charge is 0.456 e. The van der Waals surface area contributed by atoms with E-state index in [9.17, 15) is 4.39 Å². The molecule has 0 aliphatic rings. The zero-order valence-corrected chi connectivity index (χ0v) is 13.3. The Morgan fingerprint density at radius 3 is 2.42 bits per heavy atom. The molecule has 1 unspecified atom stereocenters. The van der Waals surface area contributed by atoms with Crippen molar-refractivity contribution in [1.82, 2.24) is 0 Å². The number of halogens is 3. The van der Waals surface area contributed by atoms with E-state index >= 15 is 0 Å². The van der Waals surface area contributed by atoms with Crippen molar-refractivity contribution in [3.8, 4) is 11.5 Å². The molecule has 0 spiro atoms. The topological polar surface area (TPSA) is 35.2 Å². The molecule has 2 aromatic carbocycles. The number of hydrogen-bond donors (Lipinski definition) is 1. The van der Waals surface area contributed by atoms with Gasteiger partial charge in [-0.3, -0.25) is 0 Å². The van der Waals surface area contributed by atoms with E-state index in [-0.39, 0.29) is 11.9 Å². The molecule has 0 amide bonds. The molecule has 0 aliphatic carbocycles. The second kappa shape index (κ2) is 6.03. The lowest BCUT2D eigenvalue weighted by Crippen LogP contribution is -2.04. The van der Waals surface area contributed by atoms with E-state index < -0.39 is 0 Å². The Morgan fingerprint density at radius 1 is 1.11 bits per heavy atom. The van der Waals surface area contributed by atoms with Crippen LogP contribution in [0.2, 0.25) is 0 Å². The zero-order valence-electron chi connectivity index (χ0n) is 10.2. The fourth-order valence-electron chi connectivity index (χ4n) is 1.55. The number of hydrogen-bond acceptors (Lipinski definition) is 2. The smallest absolute Gasteiger partial charge is 0.141 e. The molecule has 19 heavy (non-hydrogen) atoms. The summed E-state index contributed by atoms with van der Waals surface area (Å²) in [6.07, 6.45) is 0. The van der Waals surface area contributed by atoms with Crippen molar-refractivity contribution in [2.24, 2.45) is 5.73 Å². The molecular weight excluding hydrogens is 377 g/mol. The van der Waals surface area contributed by atoms with Gasteiger partial charge in [0.1, 0.15) is 17.3 Å². The van der Waals surface area contributed by atoms with Gasteiger partial charge in [0, 0.05) is 12.1 Å². The Balaban J connectivity index is 2.25. The third-order valence-corrected chi connectivity index (χ3v) is 3.86. The Morgan fingerprint density at radius 2 is 1.84 bits per heavy atom. The summed E-state index contributed by atoms with van der Waals surface area (Å²) in [5.41, 5.74) is 6.81. The molecule has 1 atom stereocenters. The van der Waals surface area contributed by atoms with E-state index in [0.29, 0.717) is 16.0 Å². The van der Waals surface area contributed by atoms with Crippen LogP contribution in [0.5, 0.6) is 11.5 Å². The van der Waals surface area contributed by atoms with Crippen molar-refractivity contribution in [2.75, 3.05) is 0 Å². The van der Waals surface area contributed by atoms with Gasteiger partial charge in [0.2, 0.25) is 0 Å². The van der Waals surface area contributed by atoms with Crippen molar-refractivity contribution in [1.29, 1.82) is 0 Å². The summed E-state index contributed by atoms with van der Waals surface area (Å²) in [6, 6.07) is 10.2. The summed E-state index contributed by atoms with van der Waals surface area (Å²) in [6.45, 7) is 1.91. The van der Waals surface area contributed by atoms with E-state index in [1.807, 2.05) is 25.1 Å². The molecule has 0 saturated heterocycles. The maximum absolute atomic E-state index is 13.4. The number of nitrogens with two attached hydrogens (primary N) is 1. The van der Waals surface area contributed by atoms with Gasteiger partial charge in [0.15, 0.2) is 0 Å². The highest BCUT2D eigenvalue weighted by molar-refractivity contribution is 9.10. The summed E-state index contributed by atoms with van der Waals surface area (Å²) in [7, 11) is 0. The second-order valence-electron chi connectivity index (χ2n) is 4.16. The Kier molecular flexibility index (Phi) is 4.60. The van der Waals surface area contributed by atoms with E-state index in [1.165, 1.54) is 6.07 Å². The quantitative estimate of drug-likeness (QED) is 0.787. The summed E-state index contributed by atoms with van der Waals surface area (Å²) in [5, 5.41) is 0. The molecule has 5 heteroatoms. The molecule has 0 bridgehead atoms. The molecule has 2 nitrogen and oxygen atoms in total. The minimum atomic E-state index is -0.360. The van der Waals surface area contributed by atoms with Gasteiger partial charge in [0.05, 0.1) is 8.95 Å². The normalized spacial score (nSPS) is 12.3. The zero-order chi connectivity index (χ0) is 14.0. The Bertz CT molecular complexity index is 602. The molecule has 0 aromatic heterocycles. The molecule has 100 valence electrons. The average Bonchev–Trinajstić information content (AvgIpc) is 2.36. The van der Waals surface area contributed by atoms with Crippen LogP contribution < -0.4 is 10.5 Å². The molecule has 0 heterocycles. The lowest BCUT2D eigenvalue weighted by atomic mass is 10.1. The third-order valence-electron chi connectivity index (χ3n) is 2.60. The van der Waals surface area contributed by atoms with Crippen LogP contribution in [-0.4, -0.2) is 0 Å². The highest BCUT2D eigenvalue weighted by Crippen LogP contribution is 2.32. The van der Waals surface area contributed by atoms with Gasteiger partial charge in [-0.2, -0.15) is 0 Å². The number of rotatable bonds is 3. The van der Waals surface area contributed by atoms with Crippen LogP contribution in [0.1, 0.15) is 18.5 Å². The van der Waals surface area contributed by atoms with Gasteiger partial charge in [-0.15, -0.1) is 0 Å². The standard InChI is InChI=1S/C14H12Br2FNO/c1-8(18)9-2-5-14(12(16)6-9)19-10-3-4-11(15)13(17)7-10/h2-8H,18H2,1H3. The highest BCUT2D eigenvalue weighted by atomic mass is 79.9. The van der Waals surface area contributed by atoms with Crippen LogP contribution in [0.25, 0.3) is 0 Å². The molecule has 2 aromatic rings. The summed E-state index contributed by atoms with van der Waals surface area (Å²) >= 11 is 6.52. The van der Waals surface area contributed by atoms with E-state index in [2.05, 4.69) is 31.9 Å². The molecule has 2 rings (SSSR count). The van der Waals surface area contributed by atoms with Crippen molar-refractivity contribution in [2.45, 2.75) is 13.0 Å². The first-order chi connectivity index (χ1) is 8.97. The molecule has 0 fully saturated rings. The summed E-state index contributed by atoms with van der Waals surface area (Å²) in [4.78, 5) is 0. The second-order valence-corrected chi connectivity index (χ2v) is 5.87. The maximum Gasteiger partial charge on any atom is 0.141 e. The summed E-state index contributed by atoms with van der Waals surface area (Å²) in [5.74, 6) is 0.696. The van der Waals surface area contributed by atoms with E-state index in [1.54, 1.807) is 12.1 Å². The highest BCUT2D eigenvalue weighted by Gasteiger charge is 2.08. The molecule has 0 radical (unpaired) electrons. The van der Waals surface area contributed by atoms with Crippen LogP contribution in [0.15, 0.2) is 45.3 Å². The van der Waals surface area contributed by atoms with Crippen LogP contribution >= 0.6 is 31.9 Å². The van der Waals surface area contributed by atoms with Crippen molar-refractivity contribution < 1.29 is 9.13 Å². The molecule has 0 aliphatic heterocycles. The number of benzene rings is 2. The van der Waals surface area contributed by atoms with Crippen molar-refractivity contribution in [3.05, 3.63) is 56.7 Å². The predicted octanol–water partition coefficient (Wildman–Crippen LogP) is 5.16. The first kappa shape index (κ1) is 14.5. The Labute approximate surface area is 128 Å². The molecule has 0 saturated carbocycles. The fraction of sp³-hybridized carbons (Fsp3) is 0.143. The van der Waals surface area contributed by atoms with Crippen molar-refractivity contribution >= 4 is 31.9 Å². The number of ether oxygens (including phenoxy) is 1. The van der Waals surface area contributed by atoms with Crippen LogP contribution in [0.3, 0.4) is 0 Å². The molecular formula is C14H12Br2FNO. The van der Waals surface area contributed by atoms with Crippen molar-refractivity contribution in [3.63, 3.8) is 0 Å². The van der Waals surface area contributed by atoms with Gasteiger partial charge in [-0.1, -0.05) is 6.07 Å². The van der Waals surface area contributed by atoms with Gasteiger partial charge < -0.3 is 10.5 Å².